The molecule has 2 saturated heterocycles. The molecule has 1 aromatic heterocycles. The van der Waals surface area contributed by atoms with Gasteiger partial charge in [0, 0.05) is 76.7 Å². The second-order valence-electron chi connectivity index (χ2n) is 8.78. The Morgan fingerprint density at radius 3 is 2.56 bits per heavy atom. The molecule has 2 unspecified atom stereocenters. The van der Waals surface area contributed by atoms with Crippen molar-refractivity contribution >= 4 is 35.6 Å². The first-order chi connectivity index (χ1) is 15.1. The number of para-hydroxylation sites is 1. The molecule has 1 aromatic carbocycles. The summed E-state index contributed by atoms with van der Waals surface area (Å²) in [6, 6.07) is 11.2. The SMILES string of the molecule is CCNC(=NCC(C)N1CCN(c2ccccc2)CC1)N1CCC(c2cnn(C)c2)C1.I. The predicted molar refractivity (Wildman–Crippen MR) is 143 cm³/mol. The largest absolute Gasteiger partial charge is 0.369 e. The number of likely N-dealkylation sites (tertiary alicyclic amines) is 1. The molecule has 0 amide bonds. The van der Waals surface area contributed by atoms with E-state index < -0.39 is 0 Å². The monoisotopic (exact) mass is 551 g/mol. The van der Waals surface area contributed by atoms with E-state index in [1.54, 1.807) is 0 Å². The Hall–Kier alpha value is -1.81. The normalized spacial score (nSPS) is 20.8. The fourth-order valence-corrected chi connectivity index (χ4v) is 4.70. The Kier molecular flexibility index (Phi) is 9.22. The third-order valence-electron chi connectivity index (χ3n) is 6.58. The van der Waals surface area contributed by atoms with E-state index in [9.17, 15) is 0 Å². The maximum absolute atomic E-state index is 5.04. The van der Waals surface area contributed by atoms with Crippen molar-refractivity contribution in [2.24, 2.45) is 12.0 Å². The number of nitrogens with one attached hydrogen (secondary N) is 1. The van der Waals surface area contributed by atoms with Gasteiger partial charge in [-0.25, -0.2) is 0 Å². The average molecular weight is 552 g/mol. The van der Waals surface area contributed by atoms with Gasteiger partial charge in [-0.15, -0.1) is 24.0 Å². The molecule has 1 N–H and O–H groups in total. The lowest BCUT2D eigenvalue weighted by molar-refractivity contribution is 0.201. The first kappa shape index (κ1) is 24.8. The van der Waals surface area contributed by atoms with Crippen molar-refractivity contribution in [3.05, 3.63) is 48.3 Å². The summed E-state index contributed by atoms with van der Waals surface area (Å²) >= 11 is 0. The summed E-state index contributed by atoms with van der Waals surface area (Å²) in [5, 5.41) is 7.86. The van der Waals surface area contributed by atoms with Crippen LogP contribution >= 0.6 is 24.0 Å². The number of rotatable bonds is 6. The van der Waals surface area contributed by atoms with Gasteiger partial charge in [-0.2, -0.15) is 5.10 Å². The molecule has 0 bridgehead atoms. The van der Waals surface area contributed by atoms with Crippen LogP contribution in [0.5, 0.6) is 0 Å². The zero-order valence-corrected chi connectivity index (χ0v) is 22.0. The number of aromatic nitrogens is 2. The number of hydrogen-bond donors (Lipinski definition) is 1. The molecule has 0 aliphatic carbocycles. The highest BCUT2D eigenvalue weighted by Gasteiger charge is 2.27. The van der Waals surface area contributed by atoms with Crippen LogP contribution in [0, 0.1) is 0 Å². The topological polar surface area (TPSA) is 51.9 Å². The van der Waals surface area contributed by atoms with Crippen molar-refractivity contribution in [3.63, 3.8) is 0 Å². The van der Waals surface area contributed by atoms with Crippen LogP contribution in [-0.2, 0) is 7.05 Å². The summed E-state index contributed by atoms with van der Waals surface area (Å²) in [6.07, 6.45) is 5.32. The van der Waals surface area contributed by atoms with Crippen LogP contribution in [0.15, 0.2) is 47.7 Å². The predicted octanol–water partition coefficient (Wildman–Crippen LogP) is 3.00. The molecular weight excluding hydrogens is 513 g/mol. The van der Waals surface area contributed by atoms with Crippen LogP contribution < -0.4 is 10.2 Å². The minimum absolute atomic E-state index is 0. The standard InChI is InChI=1S/C24H37N7.HI/c1-4-25-24(31-11-10-21(19-31)22-17-27-28(3)18-22)26-16-20(2)29-12-14-30(15-13-29)23-8-6-5-7-9-23;/h5-9,17-18,20-21H,4,10-16,19H2,1-3H3,(H,25,26);1H. The quantitative estimate of drug-likeness (QED) is 0.340. The number of nitrogens with zero attached hydrogens (tertiary/aromatic N) is 6. The smallest absolute Gasteiger partial charge is 0.193 e. The van der Waals surface area contributed by atoms with Crippen LogP contribution in [-0.4, -0.2) is 83.9 Å². The molecule has 4 rings (SSSR count). The molecule has 2 aliphatic heterocycles. The van der Waals surface area contributed by atoms with E-state index in [1.165, 1.54) is 11.3 Å². The van der Waals surface area contributed by atoms with E-state index in [0.717, 1.165) is 64.7 Å². The van der Waals surface area contributed by atoms with Crippen LogP contribution in [0.2, 0.25) is 0 Å². The minimum atomic E-state index is 0. The number of anilines is 1. The highest BCUT2D eigenvalue weighted by Crippen LogP contribution is 2.26. The lowest BCUT2D eigenvalue weighted by Gasteiger charge is -2.38. The first-order valence-corrected chi connectivity index (χ1v) is 11.7. The molecule has 0 saturated carbocycles. The molecule has 3 heterocycles. The maximum atomic E-state index is 5.04. The van der Waals surface area contributed by atoms with Crippen molar-refractivity contribution in [1.82, 2.24) is 24.9 Å². The Labute approximate surface area is 209 Å². The first-order valence-electron chi connectivity index (χ1n) is 11.7. The summed E-state index contributed by atoms with van der Waals surface area (Å²) in [4.78, 5) is 12.5. The van der Waals surface area contributed by atoms with Gasteiger partial charge in [0.1, 0.15) is 0 Å². The van der Waals surface area contributed by atoms with Gasteiger partial charge in [0.05, 0.1) is 12.7 Å². The number of piperazine rings is 1. The van der Waals surface area contributed by atoms with E-state index in [-0.39, 0.29) is 24.0 Å². The number of hydrogen-bond acceptors (Lipinski definition) is 4. The van der Waals surface area contributed by atoms with Crippen molar-refractivity contribution in [3.8, 4) is 0 Å². The van der Waals surface area contributed by atoms with Gasteiger partial charge in [0.2, 0.25) is 0 Å². The van der Waals surface area contributed by atoms with Crippen molar-refractivity contribution in [2.75, 3.05) is 57.3 Å². The lowest BCUT2D eigenvalue weighted by atomic mass is 10.0. The molecule has 8 heteroatoms. The highest BCUT2D eigenvalue weighted by molar-refractivity contribution is 14.0. The van der Waals surface area contributed by atoms with Gasteiger partial charge in [-0.1, -0.05) is 18.2 Å². The summed E-state index contributed by atoms with van der Waals surface area (Å²) in [5.74, 6) is 1.60. The van der Waals surface area contributed by atoms with E-state index in [2.05, 4.69) is 75.5 Å². The van der Waals surface area contributed by atoms with Crippen LogP contribution in [0.4, 0.5) is 5.69 Å². The molecule has 0 spiro atoms. The van der Waals surface area contributed by atoms with Crippen LogP contribution in [0.1, 0.15) is 31.7 Å². The number of aliphatic imine (C=N–C) groups is 1. The lowest BCUT2D eigenvalue weighted by Crippen LogP contribution is -2.50. The number of aryl methyl sites for hydroxylation is 1. The zero-order chi connectivity index (χ0) is 21.6. The molecular formula is C24H38IN7. The van der Waals surface area contributed by atoms with Gasteiger partial charge in [-0.05, 0) is 38.0 Å². The van der Waals surface area contributed by atoms with Crippen molar-refractivity contribution in [1.29, 1.82) is 0 Å². The summed E-state index contributed by atoms with van der Waals surface area (Å²) in [7, 11) is 1.99. The van der Waals surface area contributed by atoms with Gasteiger partial charge in [0.15, 0.2) is 5.96 Å². The van der Waals surface area contributed by atoms with E-state index in [1.807, 2.05) is 17.9 Å². The van der Waals surface area contributed by atoms with Gasteiger partial charge in [-0.3, -0.25) is 14.6 Å². The van der Waals surface area contributed by atoms with Gasteiger partial charge in [0.25, 0.3) is 0 Å². The maximum Gasteiger partial charge on any atom is 0.193 e. The minimum Gasteiger partial charge on any atom is -0.369 e. The fourth-order valence-electron chi connectivity index (χ4n) is 4.70. The summed E-state index contributed by atoms with van der Waals surface area (Å²) in [5.41, 5.74) is 2.67. The molecule has 32 heavy (non-hydrogen) atoms. The molecule has 2 aliphatic rings. The van der Waals surface area contributed by atoms with E-state index in [0.29, 0.717) is 12.0 Å². The van der Waals surface area contributed by atoms with Crippen LogP contribution in [0.25, 0.3) is 0 Å². The van der Waals surface area contributed by atoms with Gasteiger partial charge < -0.3 is 15.1 Å². The van der Waals surface area contributed by atoms with Gasteiger partial charge >= 0.3 is 0 Å². The number of guanidine groups is 1. The second kappa shape index (κ2) is 11.9. The Balaban J connectivity index is 0.00000289. The van der Waals surface area contributed by atoms with Crippen LogP contribution in [0.3, 0.4) is 0 Å². The van der Waals surface area contributed by atoms with Crippen molar-refractivity contribution < 1.29 is 0 Å². The third kappa shape index (κ3) is 6.15. The highest BCUT2D eigenvalue weighted by atomic mass is 127. The molecule has 176 valence electrons. The summed E-state index contributed by atoms with van der Waals surface area (Å²) in [6.45, 7) is 12.6. The second-order valence-corrected chi connectivity index (χ2v) is 8.78. The third-order valence-corrected chi connectivity index (χ3v) is 6.58. The molecule has 2 atom stereocenters. The number of benzene rings is 1. The Morgan fingerprint density at radius 2 is 1.91 bits per heavy atom. The Morgan fingerprint density at radius 1 is 1.16 bits per heavy atom. The zero-order valence-electron chi connectivity index (χ0n) is 19.7. The van der Waals surface area contributed by atoms with Crippen molar-refractivity contribution in [2.45, 2.75) is 32.2 Å². The molecule has 2 aromatic rings. The van der Waals surface area contributed by atoms with E-state index in [4.69, 9.17) is 4.99 Å². The average Bonchev–Trinajstić information content (AvgIpc) is 3.46. The van der Waals surface area contributed by atoms with E-state index >= 15 is 0 Å². The number of halogens is 1. The summed E-state index contributed by atoms with van der Waals surface area (Å²) < 4.78 is 1.90. The molecule has 0 radical (unpaired) electrons. The Bertz CT molecular complexity index is 845. The molecule has 2 fully saturated rings. The molecule has 7 nitrogen and oxygen atoms in total. The fraction of sp³-hybridized carbons (Fsp3) is 0.583.